The summed E-state index contributed by atoms with van der Waals surface area (Å²) in [6.45, 7) is 3.71. The van der Waals surface area contributed by atoms with E-state index >= 15 is 0 Å². The summed E-state index contributed by atoms with van der Waals surface area (Å²) in [5, 5.41) is 12.5. The van der Waals surface area contributed by atoms with Crippen LogP contribution in [0, 0.1) is 5.92 Å². The molecule has 1 aromatic carbocycles. The van der Waals surface area contributed by atoms with Gasteiger partial charge in [0, 0.05) is 10.7 Å². The number of rotatable bonds is 4. The van der Waals surface area contributed by atoms with Gasteiger partial charge in [0.1, 0.15) is 6.04 Å². The number of benzene rings is 1. The van der Waals surface area contributed by atoms with Crippen molar-refractivity contribution in [1.82, 2.24) is 0 Å². The topological polar surface area (TPSA) is 49.3 Å². The molecule has 0 saturated heterocycles. The second kappa shape index (κ2) is 5.03. The standard InChI is InChI=1S/C11H14ClNO2/c1-7(2)10(11(14)15)13-9-5-3-4-8(12)6-9/h3-7,10,13H,1-2H3,(H,14,15)/t10-/m0/s1. The van der Waals surface area contributed by atoms with Crippen molar-refractivity contribution in [3.05, 3.63) is 29.3 Å². The largest absolute Gasteiger partial charge is 0.480 e. The van der Waals surface area contributed by atoms with Crippen molar-refractivity contribution < 1.29 is 9.90 Å². The Morgan fingerprint density at radius 3 is 2.60 bits per heavy atom. The summed E-state index contributed by atoms with van der Waals surface area (Å²) in [6, 6.07) is 6.44. The molecule has 4 heteroatoms. The van der Waals surface area contributed by atoms with Crippen LogP contribution in [-0.2, 0) is 4.79 Å². The maximum absolute atomic E-state index is 10.9. The highest BCUT2D eigenvalue weighted by molar-refractivity contribution is 6.30. The minimum Gasteiger partial charge on any atom is -0.480 e. The molecule has 0 aromatic heterocycles. The predicted octanol–water partition coefficient (Wildman–Crippen LogP) is 2.86. The fourth-order valence-corrected chi connectivity index (χ4v) is 1.46. The van der Waals surface area contributed by atoms with Crippen LogP contribution in [0.2, 0.25) is 5.02 Å². The third-order valence-corrected chi connectivity index (χ3v) is 2.31. The van der Waals surface area contributed by atoms with Crippen molar-refractivity contribution in [1.29, 1.82) is 0 Å². The highest BCUT2D eigenvalue weighted by Gasteiger charge is 2.20. The maximum Gasteiger partial charge on any atom is 0.326 e. The molecule has 0 amide bonds. The molecular formula is C11H14ClNO2. The summed E-state index contributed by atoms with van der Waals surface area (Å²) in [6.07, 6.45) is 0. The Kier molecular flexibility index (Phi) is 3.97. The van der Waals surface area contributed by atoms with Crippen LogP contribution in [0.15, 0.2) is 24.3 Å². The van der Waals surface area contributed by atoms with E-state index in [0.29, 0.717) is 5.02 Å². The van der Waals surface area contributed by atoms with Crippen molar-refractivity contribution in [2.75, 3.05) is 5.32 Å². The Hall–Kier alpha value is -1.22. The van der Waals surface area contributed by atoms with Crippen LogP contribution in [0.3, 0.4) is 0 Å². The van der Waals surface area contributed by atoms with Crippen LogP contribution in [0.4, 0.5) is 5.69 Å². The fraction of sp³-hybridized carbons (Fsp3) is 0.364. The second-order valence-electron chi connectivity index (χ2n) is 3.71. The highest BCUT2D eigenvalue weighted by Crippen LogP contribution is 2.17. The Morgan fingerprint density at radius 1 is 1.47 bits per heavy atom. The number of hydrogen-bond donors (Lipinski definition) is 2. The second-order valence-corrected chi connectivity index (χ2v) is 4.15. The maximum atomic E-state index is 10.9. The number of nitrogens with one attached hydrogen (secondary N) is 1. The third-order valence-electron chi connectivity index (χ3n) is 2.08. The number of carbonyl (C=O) groups is 1. The molecule has 0 unspecified atom stereocenters. The van der Waals surface area contributed by atoms with Crippen LogP contribution >= 0.6 is 11.6 Å². The van der Waals surface area contributed by atoms with E-state index in [-0.39, 0.29) is 5.92 Å². The molecule has 1 rings (SSSR count). The minimum absolute atomic E-state index is 0.0153. The van der Waals surface area contributed by atoms with Crippen molar-refractivity contribution in [3.8, 4) is 0 Å². The van der Waals surface area contributed by atoms with Gasteiger partial charge in [-0.2, -0.15) is 0 Å². The monoisotopic (exact) mass is 227 g/mol. The van der Waals surface area contributed by atoms with E-state index in [0.717, 1.165) is 5.69 Å². The van der Waals surface area contributed by atoms with Crippen molar-refractivity contribution >= 4 is 23.3 Å². The summed E-state index contributed by atoms with van der Waals surface area (Å²) in [7, 11) is 0. The van der Waals surface area contributed by atoms with E-state index < -0.39 is 12.0 Å². The van der Waals surface area contributed by atoms with Crippen LogP contribution < -0.4 is 5.32 Å². The fourth-order valence-electron chi connectivity index (χ4n) is 1.27. The molecule has 0 aliphatic carbocycles. The zero-order valence-corrected chi connectivity index (χ0v) is 9.45. The van der Waals surface area contributed by atoms with E-state index in [1.54, 1.807) is 24.3 Å². The third kappa shape index (κ3) is 3.44. The Balaban J connectivity index is 2.79. The smallest absolute Gasteiger partial charge is 0.326 e. The normalized spacial score (nSPS) is 12.5. The molecule has 1 aromatic rings. The lowest BCUT2D eigenvalue weighted by Crippen LogP contribution is -2.34. The summed E-state index contributed by atoms with van der Waals surface area (Å²) in [4.78, 5) is 10.9. The van der Waals surface area contributed by atoms with Gasteiger partial charge in [-0.15, -0.1) is 0 Å². The van der Waals surface area contributed by atoms with Crippen LogP contribution in [0.1, 0.15) is 13.8 Å². The molecule has 82 valence electrons. The van der Waals surface area contributed by atoms with Gasteiger partial charge in [0.25, 0.3) is 0 Å². The van der Waals surface area contributed by atoms with Crippen LogP contribution in [-0.4, -0.2) is 17.1 Å². The Morgan fingerprint density at radius 2 is 2.13 bits per heavy atom. The van der Waals surface area contributed by atoms with E-state index in [1.807, 2.05) is 13.8 Å². The number of carboxylic acid groups (broad SMARTS) is 1. The first-order valence-electron chi connectivity index (χ1n) is 4.75. The lowest BCUT2D eigenvalue weighted by molar-refractivity contribution is -0.138. The van der Waals surface area contributed by atoms with Gasteiger partial charge in [-0.3, -0.25) is 0 Å². The predicted molar refractivity (Wildman–Crippen MR) is 61.3 cm³/mol. The van der Waals surface area contributed by atoms with E-state index in [9.17, 15) is 4.79 Å². The van der Waals surface area contributed by atoms with Gasteiger partial charge >= 0.3 is 5.97 Å². The molecular weight excluding hydrogens is 214 g/mol. The lowest BCUT2D eigenvalue weighted by Gasteiger charge is -2.19. The number of hydrogen-bond acceptors (Lipinski definition) is 2. The van der Waals surface area contributed by atoms with E-state index in [1.165, 1.54) is 0 Å². The molecule has 0 radical (unpaired) electrons. The van der Waals surface area contributed by atoms with Gasteiger partial charge in [0.05, 0.1) is 0 Å². The summed E-state index contributed by atoms with van der Waals surface area (Å²) < 4.78 is 0. The Labute approximate surface area is 94.1 Å². The van der Waals surface area contributed by atoms with Gasteiger partial charge in [0.2, 0.25) is 0 Å². The average molecular weight is 228 g/mol. The number of carboxylic acids is 1. The quantitative estimate of drug-likeness (QED) is 0.832. The molecule has 2 N–H and O–H groups in total. The van der Waals surface area contributed by atoms with E-state index in [4.69, 9.17) is 16.7 Å². The first-order valence-corrected chi connectivity index (χ1v) is 5.13. The molecule has 0 heterocycles. The van der Waals surface area contributed by atoms with Gasteiger partial charge < -0.3 is 10.4 Å². The molecule has 15 heavy (non-hydrogen) atoms. The molecule has 0 aliphatic heterocycles. The van der Waals surface area contributed by atoms with E-state index in [2.05, 4.69) is 5.32 Å². The highest BCUT2D eigenvalue weighted by atomic mass is 35.5. The molecule has 0 saturated carbocycles. The molecule has 1 atom stereocenters. The Bertz CT molecular complexity index is 352. The van der Waals surface area contributed by atoms with Gasteiger partial charge in [-0.25, -0.2) is 4.79 Å². The summed E-state index contributed by atoms with van der Waals surface area (Å²) in [5.41, 5.74) is 0.726. The van der Waals surface area contributed by atoms with Crippen molar-refractivity contribution in [2.24, 2.45) is 5.92 Å². The first-order chi connectivity index (χ1) is 7.00. The number of anilines is 1. The molecule has 0 fully saturated rings. The molecule has 3 nitrogen and oxygen atoms in total. The zero-order valence-electron chi connectivity index (χ0n) is 8.70. The van der Waals surface area contributed by atoms with Crippen molar-refractivity contribution in [3.63, 3.8) is 0 Å². The van der Waals surface area contributed by atoms with Gasteiger partial charge in [-0.1, -0.05) is 31.5 Å². The van der Waals surface area contributed by atoms with Gasteiger partial charge in [0.15, 0.2) is 0 Å². The first kappa shape index (κ1) is 11.9. The van der Waals surface area contributed by atoms with Crippen LogP contribution in [0.25, 0.3) is 0 Å². The molecule has 0 bridgehead atoms. The summed E-state index contributed by atoms with van der Waals surface area (Å²) >= 11 is 5.80. The minimum atomic E-state index is -0.857. The number of halogens is 1. The lowest BCUT2D eigenvalue weighted by atomic mass is 10.0. The molecule has 0 spiro atoms. The van der Waals surface area contributed by atoms with Crippen LogP contribution in [0.5, 0.6) is 0 Å². The van der Waals surface area contributed by atoms with Crippen molar-refractivity contribution in [2.45, 2.75) is 19.9 Å². The number of aliphatic carboxylic acids is 1. The summed E-state index contributed by atoms with van der Waals surface area (Å²) in [5.74, 6) is -0.841. The van der Waals surface area contributed by atoms with Gasteiger partial charge in [-0.05, 0) is 24.1 Å². The SMILES string of the molecule is CC(C)[C@H](Nc1cccc(Cl)c1)C(=O)O. The zero-order chi connectivity index (χ0) is 11.4. The molecule has 0 aliphatic rings. The average Bonchev–Trinajstić information content (AvgIpc) is 2.13.